The van der Waals surface area contributed by atoms with Crippen molar-refractivity contribution in [1.82, 2.24) is 0 Å². The van der Waals surface area contributed by atoms with E-state index >= 15 is 0 Å². The maximum Gasteiger partial charge on any atom is 0.338 e. The van der Waals surface area contributed by atoms with E-state index in [9.17, 15) is 9.59 Å². The molecule has 0 aromatic heterocycles. The minimum Gasteiger partial charge on any atom is -0.493 e. The molecular formula is C24H21NO4. The maximum atomic E-state index is 12.4. The molecule has 1 amide bonds. The molecule has 4 rings (SSSR count). The number of nitrogens with one attached hydrogen (secondary N) is 1. The van der Waals surface area contributed by atoms with Crippen LogP contribution in [-0.2, 0) is 9.59 Å². The SMILES string of the molecule is C=C(C)C(=O)Oc1ccc(C2CC(=O)Nc3ccc4ccccc4c32)cc1OC. The minimum absolute atomic E-state index is 0.0328. The van der Waals surface area contributed by atoms with E-state index in [0.717, 1.165) is 27.6 Å². The Balaban J connectivity index is 1.81. The van der Waals surface area contributed by atoms with Gasteiger partial charge in [0.1, 0.15) is 0 Å². The van der Waals surface area contributed by atoms with Gasteiger partial charge in [-0.1, -0.05) is 43.0 Å². The monoisotopic (exact) mass is 387 g/mol. The first kappa shape index (κ1) is 18.7. The fraction of sp³-hybridized carbons (Fsp3) is 0.167. The van der Waals surface area contributed by atoms with Crippen LogP contribution >= 0.6 is 0 Å². The number of carbonyl (C=O) groups excluding carboxylic acids is 2. The first-order chi connectivity index (χ1) is 14.0. The molecule has 0 saturated carbocycles. The summed E-state index contributed by atoms with van der Waals surface area (Å²) in [6.07, 6.45) is 0.328. The van der Waals surface area contributed by atoms with Gasteiger partial charge < -0.3 is 14.8 Å². The fourth-order valence-electron chi connectivity index (χ4n) is 3.73. The van der Waals surface area contributed by atoms with Gasteiger partial charge in [0, 0.05) is 23.6 Å². The Morgan fingerprint density at radius 1 is 1.10 bits per heavy atom. The molecule has 29 heavy (non-hydrogen) atoms. The molecule has 1 unspecified atom stereocenters. The molecule has 146 valence electrons. The molecule has 5 nitrogen and oxygen atoms in total. The van der Waals surface area contributed by atoms with Crippen LogP contribution in [0.25, 0.3) is 10.8 Å². The van der Waals surface area contributed by atoms with Crippen LogP contribution in [-0.4, -0.2) is 19.0 Å². The van der Waals surface area contributed by atoms with E-state index in [1.807, 2.05) is 36.4 Å². The quantitative estimate of drug-likeness (QED) is 0.397. The van der Waals surface area contributed by atoms with Crippen LogP contribution in [0, 0.1) is 0 Å². The van der Waals surface area contributed by atoms with Crippen LogP contribution in [0.2, 0.25) is 0 Å². The van der Waals surface area contributed by atoms with Crippen LogP contribution in [0.5, 0.6) is 11.5 Å². The first-order valence-electron chi connectivity index (χ1n) is 9.35. The molecule has 5 heteroatoms. The van der Waals surface area contributed by atoms with Gasteiger partial charge in [0.25, 0.3) is 0 Å². The molecular weight excluding hydrogens is 366 g/mol. The van der Waals surface area contributed by atoms with Crippen molar-refractivity contribution in [3.63, 3.8) is 0 Å². The van der Waals surface area contributed by atoms with E-state index in [1.54, 1.807) is 13.0 Å². The summed E-state index contributed by atoms with van der Waals surface area (Å²) >= 11 is 0. The standard InChI is InChI=1S/C24H21NO4/c1-14(2)24(27)29-20-11-9-16(12-21(20)28-3)18-13-22(26)25-19-10-8-15-6-4-5-7-17(15)23(18)19/h4-12,18H,1,13H2,2-3H3,(H,25,26). The zero-order valence-electron chi connectivity index (χ0n) is 16.3. The van der Waals surface area contributed by atoms with Crippen molar-refractivity contribution >= 4 is 28.3 Å². The highest BCUT2D eigenvalue weighted by Gasteiger charge is 2.29. The molecule has 0 spiro atoms. The van der Waals surface area contributed by atoms with E-state index in [0.29, 0.717) is 23.5 Å². The lowest BCUT2D eigenvalue weighted by Gasteiger charge is -2.28. The second-order valence-electron chi connectivity index (χ2n) is 7.13. The van der Waals surface area contributed by atoms with Gasteiger partial charge in [0.15, 0.2) is 11.5 Å². The summed E-state index contributed by atoms with van der Waals surface area (Å²) in [6, 6.07) is 17.5. The second-order valence-corrected chi connectivity index (χ2v) is 7.13. The maximum absolute atomic E-state index is 12.4. The van der Waals surface area contributed by atoms with Crippen molar-refractivity contribution in [2.75, 3.05) is 12.4 Å². The molecule has 1 aliphatic heterocycles. The van der Waals surface area contributed by atoms with Crippen molar-refractivity contribution in [1.29, 1.82) is 0 Å². The normalized spacial score (nSPS) is 15.4. The highest BCUT2D eigenvalue weighted by Crippen LogP contribution is 2.43. The molecule has 0 saturated heterocycles. The largest absolute Gasteiger partial charge is 0.493 e. The summed E-state index contributed by atoms with van der Waals surface area (Å²) in [5.41, 5.74) is 3.13. The smallest absolute Gasteiger partial charge is 0.338 e. The van der Waals surface area contributed by atoms with Gasteiger partial charge in [-0.3, -0.25) is 4.79 Å². The van der Waals surface area contributed by atoms with Crippen molar-refractivity contribution in [3.05, 3.63) is 77.9 Å². The number of hydrogen-bond donors (Lipinski definition) is 1. The van der Waals surface area contributed by atoms with Gasteiger partial charge in [-0.15, -0.1) is 0 Å². The molecule has 0 fully saturated rings. The number of fused-ring (bicyclic) bond motifs is 3. The summed E-state index contributed by atoms with van der Waals surface area (Å²) in [4.78, 5) is 24.3. The third kappa shape index (κ3) is 3.47. The lowest BCUT2D eigenvalue weighted by atomic mass is 9.82. The lowest BCUT2D eigenvalue weighted by Crippen LogP contribution is -2.23. The molecule has 0 radical (unpaired) electrons. The zero-order valence-corrected chi connectivity index (χ0v) is 16.3. The van der Waals surface area contributed by atoms with Gasteiger partial charge in [0.2, 0.25) is 5.91 Å². The number of rotatable bonds is 4. The van der Waals surface area contributed by atoms with Gasteiger partial charge in [-0.05, 0) is 47.0 Å². The van der Waals surface area contributed by atoms with Crippen LogP contribution in [0.4, 0.5) is 5.69 Å². The van der Waals surface area contributed by atoms with Gasteiger partial charge in [-0.2, -0.15) is 0 Å². The Hall–Kier alpha value is -3.60. The van der Waals surface area contributed by atoms with Gasteiger partial charge >= 0.3 is 5.97 Å². The fourth-order valence-corrected chi connectivity index (χ4v) is 3.73. The average molecular weight is 387 g/mol. The predicted octanol–water partition coefficient (Wildman–Crippen LogP) is 4.80. The summed E-state index contributed by atoms with van der Waals surface area (Å²) in [5, 5.41) is 5.20. The highest BCUT2D eigenvalue weighted by atomic mass is 16.6. The van der Waals surface area contributed by atoms with E-state index in [2.05, 4.69) is 24.0 Å². The Morgan fingerprint density at radius 2 is 1.90 bits per heavy atom. The Kier molecular flexibility index (Phi) is 4.80. The Morgan fingerprint density at radius 3 is 2.66 bits per heavy atom. The van der Waals surface area contributed by atoms with Crippen LogP contribution in [0.15, 0.2) is 66.7 Å². The van der Waals surface area contributed by atoms with Crippen molar-refractivity contribution in [2.24, 2.45) is 0 Å². The highest BCUT2D eigenvalue weighted by molar-refractivity contribution is 6.01. The van der Waals surface area contributed by atoms with Crippen LogP contribution in [0.1, 0.15) is 30.4 Å². The Bertz CT molecular complexity index is 1150. The molecule has 3 aromatic carbocycles. The van der Waals surface area contributed by atoms with E-state index in [-0.39, 0.29) is 11.8 Å². The number of carbonyl (C=O) groups is 2. The lowest BCUT2D eigenvalue weighted by molar-refractivity contribution is -0.130. The summed E-state index contributed by atoms with van der Waals surface area (Å²) in [5.74, 6) is 0.0798. The second kappa shape index (κ2) is 7.43. The Labute approximate surface area is 168 Å². The summed E-state index contributed by atoms with van der Waals surface area (Å²) in [7, 11) is 1.52. The molecule has 1 N–H and O–H groups in total. The third-order valence-electron chi connectivity index (χ3n) is 5.12. The summed E-state index contributed by atoms with van der Waals surface area (Å²) < 4.78 is 10.8. The minimum atomic E-state index is -0.510. The van der Waals surface area contributed by atoms with E-state index in [4.69, 9.17) is 9.47 Å². The number of benzene rings is 3. The number of ether oxygens (including phenoxy) is 2. The first-order valence-corrected chi connectivity index (χ1v) is 9.35. The number of anilines is 1. The topological polar surface area (TPSA) is 64.6 Å². The molecule has 0 aliphatic carbocycles. The van der Waals surface area contributed by atoms with E-state index < -0.39 is 5.97 Å². The molecule has 3 aromatic rings. The van der Waals surface area contributed by atoms with Crippen molar-refractivity contribution < 1.29 is 19.1 Å². The third-order valence-corrected chi connectivity index (χ3v) is 5.12. The molecule has 0 bridgehead atoms. The zero-order chi connectivity index (χ0) is 20.5. The summed E-state index contributed by atoms with van der Waals surface area (Å²) in [6.45, 7) is 5.19. The number of methoxy groups -OCH3 is 1. The number of amides is 1. The van der Waals surface area contributed by atoms with E-state index in [1.165, 1.54) is 7.11 Å². The van der Waals surface area contributed by atoms with Crippen molar-refractivity contribution in [3.8, 4) is 11.5 Å². The molecule has 1 aliphatic rings. The average Bonchev–Trinajstić information content (AvgIpc) is 2.73. The van der Waals surface area contributed by atoms with Gasteiger partial charge in [-0.25, -0.2) is 4.79 Å². The molecule has 1 heterocycles. The van der Waals surface area contributed by atoms with Crippen LogP contribution in [0.3, 0.4) is 0 Å². The number of esters is 1. The van der Waals surface area contributed by atoms with Crippen LogP contribution < -0.4 is 14.8 Å². The predicted molar refractivity (Wildman–Crippen MR) is 112 cm³/mol. The number of hydrogen-bond acceptors (Lipinski definition) is 4. The van der Waals surface area contributed by atoms with Crippen molar-refractivity contribution in [2.45, 2.75) is 19.3 Å². The molecule has 1 atom stereocenters. The van der Waals surface area contributed by atoms with Gasteiger partial charge in [0.05, 0.1) is 7.11 Å².